The molecule has 0 unspecified atom stereocenters. The van der Waals surface area contributed by atoms with E-state index in [2.05, 4.69) is 10.1 Å². The molecule has 0 aromatic carbocycles. The number of anilines is 1. The van der Waals surface area contributed by atoms with Crippen molar-refractivity contribution in [3.05, 3.63) is 22.9 Å². The van der Waals surface area contributed by atoms with Crippen molar-refractivity contribution in [3.63, 3.8) is 0 Å². The van der Waals surface area contributed by atoms with E-state index in [0.717, 1.165) is 5.00 Å². The van der Waals surface area contributed by atoms with Crippen LogP contribution in [0.15, 0.2) is 18.5 Å². The minimum atomic E-state index is 0.486. The molecular formula is C6H5ClN4S. The molecule has 0 saturated carbocycles. The summed E-state index contributed by atoms with van der Waals surface area (Å²) >= 11 is 7.01. The van der Waals surface area contributed by atoms with Gasteiger partial charge in [-0.25, -0.2) is 9.67 Å². The van der Waals surface area contributed by atoms with Crippen molar-refractivity contribution in [2.45, 2.75) is 0 Å². The van der Waals surface area contributed by atoms with Gasteiger partial charge in [0.1, 0.15) is 10.8 Å². The monoisotopic (exact) mass is 200 g/mol. The summed E-state index contributed by atoms with van der Waals surface area (Å²) in [5, 5.41) is 4.86. The van der Waals surface area contributed by atoms with Gasteiger partial charge in [0.05, 0.1) is 6.20 Å². The summed E-state index contributed by atoms with van der Waals surface area (Å²) in [5.74, 6) is 0.486. The quantitative estimate of drug-likeness (QED) is 0.760. The molecule has 12 heavy (non-hydrogen) atoms. The van der Waals surface area contributed by atoms with Gasteiger partial charge in [-0.3, -0.25) is 0 Å². The molecule has 0 atom stereocenters. The van der Waals surface area contributed by atoms with E-state index >= 15 is 0 Å². The van der Waals surface area contributed by atoms with E-state index in [1.807, 2.05) is 0 Å². The maximum absolute atomic E-state index is 5.65. The molecule has 2 rings (SSSR count). The number of nitrogen functional groups attached to an aromatic ring is 1. The van der Waals surface area contributed by atoms with Crippen LogP contribution in [-0.2, 0) is 0 Å². The Kier molecular flexibility index (Phi) is 1.74. The summed E-state index contributed by atoms with van der Waals surface area (Å²) in [7, 11) is 0. The topological polar surface area (TPSA) is 56.7 Å². The molecule has 2 N–H and O–H groups in total. The lowest BCUT2D eigenvalue weighted by Gasteiger charge is -1.91. The summed E-state index contributed by atoms with van der Waals surface area (Å²) < 4.78 is 2.14. The zero-order valence-corrected chi connectivity index (χ0v) is 7.51. The van der Waals surface area contributed by atoms with Crippen LogP contribution in [0.1, 0.15) is 0 Å². The maximum atomic E-state index is 5.65. The lowest BCUT2D eigenvalue weighted by Crippen LogP contribution is -1.92. The summed E-state index contributed by atoms with van der Waals surface area (Å²) in [4.78, 5) is 3.88. The van der Waals surface area contributed by atoms with Gasteiger partial charge in [0, 0.05) is 12.3 Å². The molecule has 0 aliphatic carbocycles. The average molecular weight is 201 g/mol. The first-order valence-electron chi connectivity index (χ1n) is 3.18. The van der Waals surface area contributed by atoms with Gasteiger partial charge < -0.3 is 5.73 Å². The van der Waals surface area contributed by atoms with Crippen molar-refractivity contribution >= 4 is 28.8 Å². The van der Waals surface area contributed by atoms with Crippen molar-refractivity contribution in [1.82, 2.24) is 14.8 Å². The summed E-state index contributed by atoms with van der Waals surface area (Å²) in [6.07, 6.45) is 3.42. The molecule has 0 spiro atoms. The van der Waals surface area contributed by atoms with Gasteiger partial charge in [-0.1, -0.05) is 22.9 Å². The Labute approximate surface area is 77.6 Å². The largest absolute Gasteiger partial charge is 0.382 e. The molecule has 0 saturated heterocycles. The lowest BCUT2D eigenvalue weighted by molar-refractivity contribution is 0.900. The predicted octanol–water partition coefficient (Wildman–Crippen LogP) is 1.56. The highest BCUT2D eigenvalue weighted by Crippen LogP contribution is 2.21. The van der Waals surface area contributed by atoms with E-state index in [9.17, 15) is 0 Å². The second kappa shape index (κ2) is 2.76. The molecule has 0 amide bonds. The lowest BCUT2D eigenvalue weighted by atomic mass is 10.7. The maximum Gasteiger partial charge on any atom is 0.185 e. The molecule has 62 valence electrons. The fraction of sp³-hybridized carbons (Fsp3) is 0. The minimum absolute atomic E-state index is 0.486. The molecule has 2 heterocycles. The van der Waals surface area contributed by atoms with Crippen molar-refractivity contribution in [2.75, 3.05) is 5.73 Å². The van der Waals surface area contributed by atoms with Crippen LogP contribution in [0.5, 0.6) is 0 Å². The summed E-state index contributed by atoms with van der Waals surface area (Å²) in [6.45, 7) is 0. The Hall–Kier alpha value is -1.07. The van der Waals surface area contributed by atoms with Gasteiger partial charge in [0.2, 0.25) is 0 Å². The smallest absolute Gasteiger partial charge is 0.185 e. The third-order valence-electron chi connectivity index (χ3n) is 1.30. The predicted molar refractivity (Wildman–Crippen MR) is 48.7 cm³/mol. The molecule has 2 aromatic rings. The first-order chi connectivity index (χ1) is 5.75. The zero-order valence-electron chi connectivity index (χ0n) is 5.94. The third-order valence-corrected chi connectivity index (χ3v) is 2.41. The van der Waals surface area contributed by atoms with Crippen molar-refractivity contribution in [2.24, 2.45) is 0 Å². The standard InChI is InChI=1S/C6H5ClN4S/c7-6-9-3-5(12-6)11-2-1-4(8)10-11/h1-3H,(H2,8,10). The number of rotatable bonds is 1. The second-order valence-electron chi connectivity index (χ2n) is 2.14. The number of hydrogen-bond acceptors (Lipinski definition) is 4. The van der Waals surface area contributed by atoms with E-state index in [-0.39, 0.29) is 0 Å². The number of thiazole rings is 1. The Bertz CT molecular complexity index is 355. The molecule has 0 bridgehead atoms. The fourth-order valence-electron chi connectivity index (χ4n) is 0.812. The highest BCUT2D eigenvalue weighted by Gasteiger charge is 2.02. The van der Waals surface area contributed by atoms with E-state index in [4.69, 9.17) is 17.3 Å². The van der Waals surface area contributed by atoms with Gasteiger partial charge in [-0.2, -0.15) is 0 Å². The highest BCUT2D eigenvalue weighted by atomic mass is 35.5. The first-order valence-corrected chi connectivity index (χ1v) is 4.38. The van der Waals surface area contributed by atoms with Crippen LogP contribution in [0.25, 0.3) is 5.00 Å². The SMILES string of the molecule is Nc1ccn(-c2cnc(Cl)s2)n1. The van der Waals surface area contributed by atoms with Crippen molar-refractivity contribution < 1.29 is 0 Å². The van der Waals surface area contributed by atoms with Gasteiger partial charge in [-0.05, 0) is 0 Å². The number of nitrogens with zero attached hydrogens (tertiary/aromatic N) is 3. The van der Waals surface area contributed by atoms with Crippen molar-refractivity contribution in [3.8, 4) is 5.00 Å². The van der Waals surface area contributed by atoms with E-state index < -0.39 is 0 Å². The van der Waals surface area contributed by atoms with Crippen LogP contribution < -0.4 is 5.73 Å². The second-order valence-corrected chi connectivity index (χ2v) is 3.73. The van der Waals surface area contributed by atoms with Gasteiger partial charge in [0.25, 0.3) is 0 Å². The highest BCUT2D eigenvalue weighted by molar-refractivity contribution is 7.18. The van der Waals surface area contributed by atoms with E-state index in [1.54, 1.807) is 23.1 Å². The van der Waals surface area contributed by atoms with Gasteiger partial charge >= 0.3 is 0 Å². The molecule has 0 fully saturated rings. The van der Waals surface area contributed by atoms with Crippen LogP contribution >= 0.6 is 22.9 Å². The normalized spacial score (nSPS) is 10.4. The molecule has 2 aromatic heterocycles. The van der Waals surface area contributed by atoms with Crippen LogP contribution in [0.3, 0.4) is 0 Å². The Balaban J connectivity index is 2.43. The summed E-state index contributed by atoms with van der Waals surface area (Å²) in [6, 6.07) is 1.72. The Morgan fingerprint density at radius 3 is 2.92 bits per heavy atom. The molecule has 0 aliphatic rings. The molecule has 4 nitrogen and oxygen atoms in total. The average Bonchev–Trinajstić information content (AvgIpc) is 2.58. The van der Waals surface area contributed by atoms with E-state index in [0.29, 0.717) is 10.3 Å². The minimum Gasteiger partial charge on any atom is -0.382 e. The fourth-order valence-corrected chi connectivity index (χ4v) is 1.68. The molecule has 6 heteroatoms. The Morgan fingerprint density at radius 1 is 1.58 bits per heavy atom. The third kappa shape index (κ3) is 1.28. The molecular weight excluding hydrogens is 196 g/mol. The van der Waals surface area contributed by atoms with Crippen LogP contribution in [0, 0.1) is 0 Å². The zero-order chi connectivity index (χ0) is 8.55. The number of nitrogens with two attached hydrogens (primary N) is 1. The molecule has 0 aliphatic heterocycles. The first kappa shape index (κ1) is 7.57. The number of hydrogen-bond donors (Lipinski definition) is 1. The van der Waals surface area contributed by atoms with Gasteiger partial charge in [0.15, 0.2) is 4.47 Å². The van der Waals surface area contributed by atoms with Gasteiger partial charge in [-0.15, -0.1) is 5.10 Å². The van der Waals surface area contributed by atoms with Crippen molar-refractivity contribution in [1.29, 1.82) is 0 Å². The van der Waals surface area contributed by atoms with Crippen LogP contribution in [0.2, 0.25) is 4.47 Å². The van der Waals surface area contributed by atoms with E-state index in [1.165, 1.54) is 11.3 Å². The molecule has 0 radical (unpaired) electrons. The number of aromatic nitrogens is 3. The summed E-state index contributed by atoms with van der Waals surface area (Å²) in [5.41, 5.74) is 5.44. The number of halogens is 1. The Morgan fingerprint density at radius 2 is 2.42 bits per heavy atom. The van der Waals surface area contributed by atoms with Crippen LogP contribution in [0.4, 0.5) is 5.82 Å². The van der Waals surface area contributed by atoms with Crippen LogP contribution in [-0.4, -0.2) is 14.8 Å².